The zero-order chi connectivity index (χ0) is 21.1. The first-order valence-electron chi connectivity index (χ1n) is 11.1. The van der Waals surface area contributed by atoms with E-state index in [0.717, 1.165) is 5.69 Å². The van der Waals surface area contributed by atoms with Crippen LogP contribution in [0.15, 0.2) is 24.3 Å². The van der Waals surface area contributed by atoms with Gasteiger partial charge in [0.25, 0.3) is 0 Å². The Hall–Kier alpha value is -1.40. The highest BCUT2D eigenvalue weighted by atomic mass is 32.2. The van der Waals surface area contributed by atoms with Crippen LogP contribution in [0.5, 0.6) is 0 Å². The molecule has 0 unspecified atom stereocenters. The standard InChI is InChI=1S/C23H36N2O3S/c1-23(2,3)29(27,28)25-21-15-11-19(12-16-21)22(26)24-20-13-9-18(10-14-20)17-7-5-4-6-8-17/h9-10,13-14,17,19,21,25H,4-8,11-12,15-16H2,1-3H3,(H,24,26). The SMILES string of the molecule is CC(C)(C)S(=O)(=O)NC1CCC(C(=O)Nc2ccc(C3CCCCC3)cc2)CC1. The van der Waals surface area contributed by atoms with Gasteiger partial charge in [-0.1, -0.05) is 31.4 Å². The maximum absolute atomic E-state index is 12.7. The molecule has 2 saturated carbocycles. The van der Waals surface area contributed by atoms with E-state index in [2.05, 4.69) is 22.2 Å². The monoisotopic (exact) mass is 420 g/mol. The van der Waals surface area contributed by atoms with Crippen molar-refractivity contribution in [2.45, 2.75) is 95.3 Å². The van der Waals surface area contributed by atoms with Gasteiger partial charge in [0.1, 0.15) is 0 Å². The second-order valence-corrected chi connectivity index (χ2v) is 12.2. The fraction of sp³-hybridized carbons (Fsp3) is 0.696. The Morgan fingerprint density at radius 1 is 0.897 bits per heavy atom. The van der Waals surface area contributed by atoms with Crippen LogP contribution in [-0.2, 0) is 14.8 Å². The Kier molecular flexibility index (Phi) is 7.05. The van der Waals surface area contributed by atoms with Crippen LogP contribution in [0.4, 0.5) is 5.69 Å². The van der Waals surface area contributed by atoms with Crippen LogP contribution in [0.1, 0.15) is 90.0 Å². The van der Waals surface area contributed by atoms with E-state index in [1.165, 1.54) is 37.7 Å². The summed E-state index contributed by atoms with van der Waals surface area (Å²) in [6.07, 6.45) is 9.36. The van der Waals surface area contributed by atoms with Crippen molar-refractivity contribution in [2.24, 2.45) is 5.92 Å². The van der Waals surface area contributed by atoms with E-state index < -0.39 is 14.8 Å². The number of benzene rings is 1. The third-order valence-corrected chi connectivity index (χ3v) is 8.74. The lowest BCUT2D eigenvalue weighted by molar-refractivity contribution is -0.120. The highest BCUT2D eigenvalue weighted by molar-refractivity contribution is 7.90. The van der Waals surface area contributed by atoms with E-state index in [-0.39, 0.29) is 17.9 Å². The molecule has 1 aromatic carbocycles. The molecule has 0 heterocycles. The highest BCUT2D eigenvalue weighted by Gasteiger charge is 2.34. The van der Waals surface area contributed by atoms with Gasteiger partial charge in [0, 0.05) is 17.6 Å². The van der Waals surface area contributed by atoms with Crippen LogP contribution < -0.4 is 10.0 Å². The first-order valence-corrected chi connectivity index (χ1v) is 12.6. The van der Waals surface area contributed by atoms with Crippen molar-refractivity contribution in [1.82, 2.24) is 4.72 Å². The number of hydrogen-bond acceptors (Lipinski definition) is 3. The average Bonchev–Trinajstić information content (AvgIpc) is 2.68. The van der Waals surface area contributed by atoms with Crippen LogP contribution in [0.2, 0.25) is 0 Å². The van der Waals surface area contributed by atoms with Gasteiger partial charge in [-0.15, -0.1) is 0 Å². The van der Waals surface area contributed by atoms with Crippen molar-refractivity contribution in [2.75, 3.05) is 5.32 Å². The van der Waals surface area contributed by atoms with Gasteiger partial charge in [-0.2, -0.15) is 0 Å². The maximum Gasteiger partial charge on any atom is 0.227 e. The molecule has 0 aliphatic heterocycles. The molecule has 0 bridgehead atoms. The Morgan fingerprint density at radius 2 is 1.48 bits per heavy atom. The van der Waals surface area contributed by atoms with Gasteiger partial charge >= 0.3 is 0 Å². The molecule has 0 aromatic heterocycles. The van der Waals surface area contributed by atoms with E-state index in [1.54, 1.807) is 20.8 Å². The number of anilines is 1. The molecule has 3 rings (SSSR count). The van der Waals surface area contributed by atoms with E-state index in [4.69, 9.17) is 0 Å². The maximum atomic E-state index is 12.7. The van der Waals surface area contributed by atoms with Gasteiger partial charge in [0.05, 0.1) is 4.75 Å². The molecule has 5 nitrogen and oxygen atoms in total. The van der Waals surface area contributed by atoms with Crippen LogP contribution in [0.25, 0.3) is 0 Å². The molecule has 162 valence electrons. The van der Waals surface area contributed by atoms with Crippen LogP contribution in [-0.4, -0.2) is 25.1 Å². The molecule has 29 heavy (non-hydrogen) atoms. The van der Waals surface area contributed by atoms with Gasteiger partial charge in [-0.3, -0.25) is 4.79 Å². The summed E-state index contributed by atoms with van der Waals surface area (Å²) in [6.45, 7) is 5.11. The molecule has 0 spiro atoms. The van der Waals surface area contributed by atoms with Gasteiger partial charge in [-0.05, 0) is 82.9 Å². The molecule has 2 fully saturated rings. The topological polar surface area (TPSA) is 75.3 Å². The molecule has 0 atom stereocenters. The van der Waals surface area contributed by atoms with Gasteiger partial charge in [-0.25, -0.2) is 13.1 Å². The van der Waals surface area contributed by atoms with Crippen molar-refractivity contribution in [3.63, 3.8) is 0 Å². The van der Waals surface area contributed by atoms with Crippen molar-refractivity contribution >= 4 is 21.6 Å². The Bertz CT molecular complexity index is 782. The molecule has 1 aromatic rings. The molecular weight excluding hydrogens is 384 g/mol. The molecule has 0 radical (unpaired) electrons. The lowest BCUT2D eigenvalue weighted by atomic mass is 9.84. The summed E-state index contributed by atoms with van der Waals surface area (Å²) in [6, 6.07) is 8.28. The minimum atomic E-state index is -3.35. The Labute approximate surface area is 176 Å². The lowest BCUT2D eigenvalue weighted by Gasteiger charge is -2.30. The largest absolute Gasteiger partial charge is 0.326 e. The van der Waals surface area contributed by atoms with Gasteiger partial charge in [0.15, 0.2) is 0 Å². The first-order chi connectivity index (χ1) is 13.7. The molecule has 2 N–H and O–H groups in total. The van der Waals surface area contributed by atoms with E-state index in [9.17, 15) is 13.2 Å². The second kappa shape index (κ2) is 9.17. The predicted molar refractivity (Wildman–Crippen MR) is 118 cm³/mol. The summed E-state index contributed by atoms with van der Waals surface area (Å²) in [5, 5.41) is 3.05. The van der Waals surface area contributed by atoms with Crippen molar-refractivity contribution < 1.29 is 13.2 Å². The zero-order valence-corrected chi connectivity index (χ0v) is 18.9. The minimum absolute atomic E-state index is 0.0487. The normalized spacial score (nSPS) is 24.2. The molecule has 2 aliphatic rings. The lowest BCUT2D eigenvalue weighted by Crippen LogP contribution is -2.46. The number of carbonyl (C=O) groups is 1. The highest BCUT2D eigenvalue weighted by Crippen LogP contribution is 2.33. The quantitative estimate of drug-likeness (QED) is 0.708. The van der Waals surface area contributed by atoms with E-state index >= 15 is 0 Å². The molecule has 2 aliphatic carbocycles. The molecule has 1 amide bonds. The summed E-state index contributed by atoms with van der Waals surface area (Å²) >= 11 is 0. The third kappa shape index (κ3) is 5.82. The number of sulfonamides is 1. The number of amides is 1. The summed E-state index contributed by atoms with van der Waals surface area (Å²) in [4.78, 5) is 12.7. The number of rotatable bonds is 5. The summed E-state index contributed by atoms with van der Waals surface area (Å²) in [7, 11) is -3.35. The zero-order valence-electron chi connectivity index (χ0n) is 18.0. The Balaban J connectivity index is 1.48. The molecule has 6 heteroatoms. The first kappa shape index (κ1) is 22.3. The minimum Gasteiger partial charge on any atom is -0.326 e. The van der Waals surface area contributed by atoms with Gasteiger partial charge in [0.2, 0.25) is 15.9 Å². The number of carbonyl (C=O) groups excluding carboxylic acids is 1. The van der Waals surface area contributed by atoms with E-state index in [0.29, 0.717) is 31.6 Å². The fourth-order valence-corrected chi connectivity index (χ4v) is 5.42. The fourth-order valence-electron chi connectivity index (χ4n) is 4.39. The predicted octanol–water partition coefficient (Wildman–Crippen LogP) is 4.95. The summed E-state index contributed by atoms with van der Waals surface area (Å²) in [5.74, 6) is 0.664. The van der Waals surface area contributed by atoms with Crippen molar-refractivity contribution in [1.29, 1.82) is 0 Å². The van der Waals surface area contributed by atoms with Crippen LogP contribution in [0.3, 0.4) is 0 Å². The number of nitrogens with one attached hydrogen (secondary N) is 2. The molecule has 0 saturated heterocycles. The van der Waals surface area contributed by atoms with Crippen LogP contribution >= 0.6 is 0 Å². The summed E-state index contributed by atoms with van der Waals surface area (Å²) in [5.41, 5.74) is 2.24. The number of hydrogen-bond donors (Lipinski definition) is 2. The van der Waals surface area contributed by atoms with Crippen molar-refractivity contribution in [3.8, 4) is 0 Å². The smallest absolute Gasteiger partial charge is 0.227 e. The summed E-state index contributed by atoms with van der Waals surface area (Å²) < 4.78 is 26.7. The van der Waals surface area contributed by atoms with Crippen LogP contribution in [0, 0.1) is 5.92 Å². The third-order valence-electron chi connectivity index (χ3n) is 6.48. The second-order valence-electron chi connectivity index (χ2n) is 9.73. The van der Waals surface area contributed by atoms with E-state index in [1.807, 2.05) is 12.1 Å². The van der Waals surface area contributed by atoms with Gasteiger partial charge < -0.3 is 5.32 Å². The Morgan fingerprint density at radius 3 is 2.03 bits per heavy atom. The molecular formula is C23H36N2O3S. The van der Waals surface area contributed by atoms with Crippen molar-refractivity contribution in [3.05, 3.63) is 29.8 Å². The average molecular weight is 421 g/mol.